The number of nitrogens with one attached hydrogen (secondary N) is 2. The molecule has 0 aliphatic rings. The van der Waals surface area contributed by atoms with Gasteiger partial charge in [-0.15, -0.1) is 0 Å². The van der Waals surface area contributed by atoms with Crippen LogP contribution in [0.25, 0.3) is 22.2 Å². The lowest BCUT2D eigenvalue weighted by Gasteiger charge is -2.17. The zero-order valence-electron chi connectivity index (χ0n) is 20.4. The largest absolute Gasteiger partial charge is 0.486 e. The second kappa shape index (κ2) is 10.6. The molecule has 10 heteroatoms. The number of nitrogens with zero attached hydrogens (tertiary/aromatic N) is 4. The Labute approximate surface area is 224 Å². The summed E-state index contributed by atoms with van der Waals surface area (Å²) in [7, 11) is 1.60. The average molecular weight is 535 g/mol. The topological polar surface area (TPSA) is 97.8 Å². The molecule has 0 spiro atoms. The summed E-state index contributed by atoms with van der Waals surface area (Å²) in [5, 5.41) is 12.9. The fourth-order valence-corrected chi connectivity index (χ4v) is 4.81. The van der Waals surface area contributed by atoms with Crippen LogP contribution in [0.5, 0.6) is 11.6 Å². The number of rotatable bonds is 8. The first-order valence-electron chi connectivity index (χ1n) is 11.6. The number of benzene rings is 1. The van der Waals surface area contributed by atoms with E-state index in [9.17, 15) is 0 Å². The number of hydrogen-bond acceptors (Lipinski definition) is 7. The Morgan fingerprint density at radius 2 is 1.84 bits per heavy atom. The van der Waals surface area contributed by atoms with E-state index in [0.29, 0.717) is 33.8 Å². The van der Waals surface area contributed by atoms with Crippen LogP contribution in [-0.2, 0) is 6.54 Å². The summed E-state index contributed by atoms with van der Waals surface area (Å²) in [6, 6.07) is 11.7. The van der Waals surface area contributed by atoms with Gasteiger partial charge in [-0.1, -0.05) is 23.2 Å². The number of aromatic amines is 1. The lowest BCUT2D eigenvalue weighted by Crippen LogP contribution is -2.05. The normalized spacial score (nSPS) is 11.9. The number of H-pyrrole nitrogens is 1. The molecular weight excluding hydrogens is 511 g/mol. The van der Waals surface area contributed by atoms with E-state index in [0.717, 1.165) is 39.1 Å². The van der Waals surface area contributed by atoms with Crippen LogP contribution >= 0.6 is 23.2 Å². The molecule has 5 aromatic rings. The minimum absolute atomic E-state index is 0.383. The number of anilines is 1. The molecule has 1 atom stereocenters. The van der Waals surface area contributed by atoms with Crippen molar-refractivity contribution in [2.45, 2.75) is 26.5 Å². The van der Waals surface area contributed by atoms with Crippen molar-refractivity contribution in [3.8, 4) is 22.9 Å². The molecule has 5 rings (SSSR count). The highest BCUT2D eigenvalue weighted by molar-refractivity contribution is 6.35. The maximum absolute atomic E-state index is 6.32. The molecule has 8 nitrogen and oxygen atoms in total. The average Bonchev–Trinajstić information content (AvgIpc) is 3.30. The van der Waals surface area contributed by atoms with Crippen LogP contribution in [0.4, 0.5) is 5.69 Å². The van der Waals surface area contributed by atoms with Crippen LogP contribution in [0.3, 0.4) is 0 Å². The SMILES string of the molecule is COc1ncc(-c2n[nH]c3ccc(O[C@H](C)c4c(Cl)cncc4Cl)cc23)cc1NCc1ccnc(C)c1. The van der Waals surface area contributed by atoms with Crippen molar-refractivity contribution >= 4 is 39.8 Å². The Kier molecular flexibility index (Phi) is 7.12. The van der Waals surface area contributed by atoms with E-state index in [1.807, 2.05) is 50.2 Å². The number of aromatic nitrogens is 5. The number of methoxy groups -OCH3 is 1. The number of aryl methyl sites for hydroxylation is 1. The van der Waals surface area contributed by atoms with Crippen LogP contribution in [0, 0.1) is 6.92 Å². The van der Waals surface area contributed by atoms with Gasteiger partial charge in [-0.05, 0) is 55.8 Å². The molecule has 37 heavy (non-hydrogen) atoms. The fourth-order valence-electron chi connectivity index (χ4n) is 4.14. The van der Waals surface area contributed by atoms with Crippen molar-refractivity contribution in [2.24, 2.45) is 0 Å². The van der Waals surface area contributed by atoms with Crippen molar-refractivity contribution in [1.29, 1.82) is 0 Å². The third-order valence-electron chi connectivity index (χ3n) is 5.91. The van der Waals surface area contributed by atoms with E-state index in [1.54, 1.807) is 31.9 Å². The summed E-state index contributed by atoms with van der Waals surface area (Å²) in [4.78, 5) is 12.8. The molecule has 0 bridgehead atoms. The van der Waals surface area contributed by atoms with E-state index in [-0.39, 0.29) is 6.10 Å². The van der Waals surface area contributed by atoms with Crippen molar-refractivity contribution < 1.29 is 9.47 Å². The van der Waals surface area contributed by atoms with Gasteiger partial charge in [-0.25, -0.2) is 4.98 Å². The Hall–Kier alpha value is -3.88. The molecule has 0 radical (unpaired) electrons. The molecule has 2 N–H and O–H groups in total. The molecule has 0 saturated carbocycles. The highest BCUT2D eigenvalue weighted by Gasteiger charge is 2.18. The number of hydrogen-bond donors (Lipinski definition) is 2. The molecule has 4 aromatic heterocycles. The third-order valence-corrected chi connectivity index (χ3v) is 6.51. The predicted molar refractivity (Wildman–Crippen MR) is 145 cm³/mol. The van der Waals surface area contributed by atoms with E-state index in [2.05, 4.69) is 30.5 Å². The molecule has 1 aromatic carbocycles. The quantitative estimate of drug-likeness (QED) is 0.226. The van der Waals surface area contributed by atoms with E-state index < -0.39 is 0 Å². The number of ether oxygens (including phenoxy) is 2. The van der Waals surface area contributed by atoms with Gasteiger partial charge in [-0.3, -0.25) is 15.1 Å². The predicted octanol–water partition coefficient (Wildman–Crippen LogP) is 6.79. The van der Waals surface area contributed by atoms with Gasteiger partial charge >= 0.3 is 0 Å². The Morgan fingerprint density at radius 3 is 2.59 bits per heavy atom. The first-order valence-corrected chi connectivity index (χ1v) is 12.3. The summed E-state index contributed by atoms with van der Waals surface area (Å²) in [6.45, 7) is 4.46. The van der Waals surface area contributed by atoms with Gasteiger partial charge in [0.05, 0.1) is 28.4 Å². The van der Waals surface area contributed by atoms with Crippen LogP contribution in [0.2, 0.25) is 10.0 Å². The minimum atomic E-state index is -0.383. The highest BCUT2D eigenvalue weighted by atomic mass is 35.5. The zero-order chi connectivity index (χ0) is 25.9. The second-order valence-corrected chi connectivity index (χ2v) is 9.31. The first-order chi connectivity index (χ1) is 17.9. The summed E-state index contributed by atoms with van der Waals surface area (Å²) >= 11 is 12.6. The lowest BCUT2D eigenvalue weighted by molar-refractivity contribution is 0.227. The van der Waals surface area contributed by atoms with Gasteiger partial charge in [0.1, 0.15) is 17.5 Å². The molecule has 0 fully saturated rings. The number of pyridine rings is 3. The van der Waals surface area contributed by atoms with Crippen molar-refractivity contribution in [3.05, 3.63) is 88.1 Å². The summed E-state index contributed by atoms with van der Waals surface area (Å²) in [5.41, 5.74) is 5.95. The van der Waals surface area contributed by atoms with Crippen LogP contribution in [0.1, 0.15) is 29.8 Å². The maximum atomic E-state index is 6.32. The monoisotopic (exact) mass is 534 g/mol. The third kappa shape index (κ3) is 5.30. The Balaban J connectivity index is 1.44. The molecule has 0 unspecified atom stereocenters. The van der Waals surface area contributed by atoms with Gasteiger partial charge in [0.2, 0.25) is 5.88 Å². The van der Waals surface area contributed by atoms with Crippen molar-refractivity contribution in [2.75, 3.05) is 12.4 Å². The highest BCUT2D eigenvalue weighted by Crippen LogP contribution is 2.36. The van der Waals surface area contributed by atoms with Crippen LogP contribution < -0.4 is 14.8 Å². The maximum Gasteiger partial charge on any atom is 0.237 e. The number of halogens is 2. The fraction of sp³-hybridized carbons (Fsp3) is 0.185. The molecule has 0 amide bonds. The summed E-state index contributed by atoms with van der Waals surface area (Å²) < 4.78 is 11.7. The molecule has 0 aliphatic heterocycles. The van der Waals surface area contributed by atoms with Crippen molar-refractivity contribution in [3.63, 3.8) is 0 Å². The zero-order valence-corrected chi connectivity index (χ0v) is 21.9. The van der Waals surface area contributed by atoms with E-state index in [4.69, 9.17) is 32.7 Å². The molecular formula is C27H24Cl2N6O2. The standard InChI is InChI=1S/C27H24Cl2N6O2/c1-15-8-17(6-7-31-15)11-32-24-9-18(12-33-27(24)36-3)26-20-10-19(4-5-23(20)34-35-26)37-16(2)25-21(28)13-30-14-22(25)29/h4-10,12-14,16,32H,11H2,1-3H3,(H,34,35)/t16-/m1/s1. The number of fused-ring (bicyclic) bond motifs is 1. The summed E-state index contributed by atoms with van der Waals surface area (Å²) in [5.74, 6) is 1.15. The van der Waals surface area contributed by atoms with Gasteiger partial charge in [0, 0.05) is 53.5 Å². The van der Waals surface area contributed by atoms with Gasteiger partial charge in [-0.2, -0.15) is 5.10 Å². The van der Waals surface area contributed by atoms with Gasteiger partial charge in [0.15, 0.2) is 0 Å². The van der Waals surface area contributed by atoms with Gasteiger partial charge in [0.25, 0.3) is 0 Å². The molecule has 0 saturated heterocycles. The van der Waals surface area contributed by atoms with Crippen LogP contribution in [0.15, 0.2) is 61.2 Å². The van der Waals surface area contributed by atoms with Gasteiger partial charge < -0.3 is 14.8 Å². The lowest BCUT2D eigenvalue weighted by atomic mass is 10.1. The van der Waals surface area contributed by atoms with E-state index in [1.165, 1.54) is 0 Å². The van der Waals surface area contributed by atoms with Crippen LogP contribution in [-0.4, -0.2) is 32.3 Å². The Bertz CT molecular complexity index is 1550. The smallest absolute Gasteiger partial charge is 0.237 e. The van der Waals surface area contributed by atoms with Crippen molar-refractivity contribution in [1.82, 2.24) is 25.1 Å². The Morgan fingerprint density at radius 1 is 1.03 bits per heavy atom. The summed E-state index contributed by atoms with van der Waals surface area (Å²) in [6.07, 6.45) is 6.26. The van der Waals surface area contributed by atoms with E-state index >= 15 is 0 Å². The molecule has 188 valence electrons. The molecule has 0 aliphatic carbocycles. The first kappa shape index (κ1) is 24.8. The minimum Gasteiger partial charge on any atom is -0.486 e. The second-order valence-electron chi connectivity index (χ2n) is 8.50. The molecule has 4 heterocycles.